The lowest BCUT2D eigenvalue weighted by molar-refractivity contribution is -0.120. The monoisotopic (exact) mass is 474 g/mol. The van der Waals surface area contributed by atoms with Gasteiger partial charge in [-0.2, -0.15) is 4.31 Å². The number of carbonyl (C=O) groups is 1. The van der Waals surface area contributed by atoms with Crippen molar-refractivity contribution in [3.63, 3.8) is 0 Å². The average molecular weight is 476 g/mol. The highest BCUT2D eigenvalue weighted by atomic mass is 79.9. The van der Waals surface area contributed by atoms with E-state index in [9.17, 15) is 17.6 Å². The third-order valence-corrected chi connectivity index (χ3v) is 7.05. The second kappa shape index (κ2) is 8.26. The summed E-state index contributed by atoms with van der Waals surface area (Å²) in [6.07, 6.45) is 1.73. The minimum absolute atomic E-state index is 0.0703. The van der Waals surface area contributed by atoms with Crippen LogP contribution in [0.25, 0.3) is 0 Å². The molecule has 0 spiro atoms. The van der Waals surface area contributed by atoms with E-state index in [1.165, 1.54) is 28.6 Å². The first-order chi connectivity index (χ1) is 12.8. The van der Waals surface area contributed by atoms with Crippen LogP contribution in [0.2, 0.25) is 5.02 Å². The largest absolute Gasteiger partial charge is 0.322 e. The number of nitrogens with zero attached hydrogens (tertiary/aromatic N) is 1. The van der Waals surface area contributed by atoms with Gasteiger partial charge in [-0.3, -0.25) is 4.79 Å². The molecule has 9 heteroatoms. The van der Waals surface area contributed by atoms with E-state index in [1.54, 1.807) is 12.1 Å². The van der Waals surface area contributed by atoms with Crippen LogP contribution in [-0.4, -0.2) is 31.2 Å². The first kappa shape index (κ1) is 20.3. The molecule has 0 radical (unpaired) electrons. The Labute approximate surface area is 170 Å². The van der Waals surface area contributed by atoms with E-state index in [0.717, 1.165) is 10.5 Å². The van der Waals surface area contributed by atoms with Crippen LogP contribution in [0.4, 0.5) is 10.1 Å². The highest BCUT2D eigenvalue weighted by Crippen LogP contribution is 2.28. The Morgan fingerprint density at radius 2 is 1.89 bits per heavy atom. The van der Waals surface area contributed by atoms with E-state index in [2.05, 4.69) is 21.2 Å². The first-order valence-corrected chi connectivity index (χ1v) is 10.9. The SMILES string of the molecule is O=C(Nc1cc(Cl)ccc1F)[C@@H]1CCCCN1S(=O)(=O)c1ccc(Br)cc1. The molecule has 1 aliphatic rings. The fourth-order valence-electron chi connectivity index (χ4n) is 3.01. The van der Waals surface area contributed by atoms with E-state index in [0.29, 0.717) is 19.3 Å². The zero-order valence-electron chi connectivity index (χ0n) is 14.2. The van der Waals surface area contributed by atoms with Gasteiger partial charge in [-0.15, -0.1) is 0 Å². The van der Waals surface area contributed by atoms with Crippen LogP contribution < -0.4 is 5.32 Å². The Morgan fingerprint density at radius 3 is 2.59 bits per heavy atom. The Morgan fingerprint density at radius 1 is 1.19 bits per heavy atom. The van der Waals surface area contributed by atoms with Gasteiger partial charge in [0.2, 0.25) is 15.9 Å². The summed E-state index contributed by atoms with van der Waals surface area (Å²) in [5.74, 6) is -1.21. The van der Waals surface area contributed by atoms with Crippen LogP contribution >= 0.6 is 27.5 Å². The van der Waals surface area contributed by atoms with Crippen LogP contribution in [0.3, 0.4) is 0 Å². The predicted molar refractivity (Wildman–Crippen MR) is 106 cm³/mol. The van der Waals surface area contributed by atoms with Crippen LogP contribution in [0.5, 0.6) is 0 Å². The predicted octanol–water partition coefficient (Wildman–Crippen LogP) is 4.42. The van der Waals surface area contributed by atoms with Crippen molar-refractivity contribution in [1.29, 1.82) is 0 Å². The standard InChI is InChI=1S/C18H17BrClFN2O3S/c19-12-4-7-14(8-5-12)27(25,26)23-10-2-1-3-17(23)18(24)22-16-11-13(20)6-9-15(16)21/h4-9,11,17H,1-3,10H2,(H,22,24)/t17-/m0/s1. The van der Waals surface area contributed by atoms with Crippen molar-refractivity contribution in [2.24, 2.45) is 0 Å². The number of halogens is 3. The van der Waals surface area contributed by atoms with E-state index in [-0.39, 0.29) is 22.2 Å². The maximum atomic E-state index is 13.9. The highest BCUT2D eigenvalue weighted by molar-refractivity contribution is 9.10. The number of carbonyl (C=O) groups excluding carboxylic acids is 1. The number of piperidine rings is 1. The van der Waals surface area contributed by atoms with Crippen LogP contribution in [-0.2, 0) is 14.8 Å². The molecule has 3 rings (SSSR count). The summed E-state index contributed by atoms with van der Waals surface area (Å²) in [5, 5.41) is 2.74. The molecule has 1 atom stereocenters. The van der Waals surface area contributed by atoms with Crippen LogP contribution in [0.1, 0.15) is 19.3 Å². The summed E-state index contributed by atoms with van der Waals surface area (Å²) in [5.41, 5.74) is -0.0703. The Kier molecular flexibility index (Phi) is 6.20. The van der Waals surface area contributed by atoms with Gasteiger partial charge in [0.15, 0.2) is 0 Å². The van der Waals surface area contributed by atoms with Gasteiger partial charge in [0.1, 0.15) is 11.9 Å². The lowest BCUT2D eigenvalue weighted by Gasteiger charge is -2.33. The molecule has 144 valence electrons. The third kappa shape index (κ3) is 4.51. The molecule has 2 aromatic rings. The van der Waals surface area contributed by atoms with Crippen molar-refractivity contribution in [3.8, 4) is 0 Å². The third-order valence-electron chi connectivity index (χ3n) is 4.36. The number of nitrogens with one attached hydrogen (secondary N) is 1. The number of hydrogen-bond donors (Lipinski definition) is 1. The summed E-state index contributed by atoms with van der Waals surface area (Å²) >= 11 is 9.13. The molecule has 2 aromatic carbocycles. The molecular formula is C18H17BrClFN2O3S. The highest BCUT2D eigenvalue weighted by Gasteiger charge is 2.37. The molecule has 0 saturated carbocycles. The molecule has 0 bridgehead atoms. The van der Waals surface area contributed by atoms with Crippen LogP contribution in [0, 0.1) is 5.82 Å². The molecule has 0 aliphatic carbocycles. The molecule has 1 N–H and O–H groups in total. The first-order valence-electron chi connectivity index (χ1n) is 8.32. The molecule has 0 aromatic heterocycles. The molecule has 27 heavy (non-hydrogen) atoms. The lowest BCUT2D eigenvalue weighted by atomic mass is 10.0. The zero-order chi connectivity index (χ0) is 19.6. The lowest BCUT2D eigenvalue weighted by Crippen LogP contribution is -2.49. The van der Waals surface area contributed by atoms with Gasteiger partial charge in [-0.25, -0.2) is 12.8 Å². The minimum atomic E-state index is -3.85. The fourth-order valence-corrected chi connectivity index (χ4v) is 5.10. The van der Waals surface area contributed by atoms with Gasteiger partial charge in [0.05, 0.1) is 10.6 Å². The Hall–Kier alpha value is -1.48. The van der Waals surface area contributed by atoms with Crippen molar-refractivity contribution in [2.75, 3.05) is 11.9 Å². The molecule has 0 unspecified atom stereocenters. The summed E-state index contributed by atoms with van der Waals surface area (Å²) in [4.78, 5) is 12.8. The maximum absolute atomic E-state index is 13.9. The minimum Gasteiger partial charge on any atom is -0.322 e. The molecule has 5 nitrogen and oxygen atoms in total. The maximum Gasteiger partial charge on any atom is 0.243 e. The number of sulfonamides is 1. The fraction of sp³-hybridized carbons (Fsp3) is 0.278. The van der Waals surface area contributed by atoms with E-state index in [1.807, 2.05) is 0 Å². The van der Waals surface area contributed by atoms with Gasteiger partial charge in [0, 0.05) is 16.0 Å². The number of hydrogen-bond acceptors (Lipinski definition) is 3. The Balaban J connectivity index is 1.87. The molecular weight excluding hydrogens is 459 g/mol. The summed E-state index contributed by atoms with van der Waals surface area (Å²) in [7, 11) is -3.85. The van der Waals surface area contributed by atoms with Gasteiger partial charge >= 0.3 is 0 Å². The zero-order valence-corrected chi connectivity index (χ0v) is 17.3. The summed E-state index contributed by atoms with van der Waals surface area (Å²) < 4.78 is 41.9. The second-order valence-electron chi connectivity index (χ2n) is 6.19. The van der Waals surface area contributed by atoms with Crippen molar-refractivity contribution >= 4 is 49.1 Å². The molecule has 1 heterocycles. The topological polar surface area (TPSA) is 66.5 Å². The Bertz CT molecular complexity index is 954. The van der Waals surface area contributed by atoms with Crippen molar-refractivity contribution in [1.82, 2.24) is 4.31 Å². The average Bonchev–Trinajstić information content (AvgIpc) is 2.65. The van der Waals surface area contributed by atoms with Gasteiger partial charge < -0.3 is 5.32 Å². The van der Waals surface area contributed by atoms with Crippen molar-refractivity contribution in [2.45, 2.75) is 30.2 Å². The smallest absolute Gasteiger partial charge is 0.243 e. The van der Waals surface area contributed by atoms with Crippen LogP contribution in [0.15, 0.2) is 51.8 Å². The second-order valence-corrected chi connectivity index (χ2v) is 9.44. The summed E-state index contributed by atoms with van der Waals surface area (Å²) in [6, 6.07) is 9.14. The number of benzene rings is 2. The number of anilines is 1. The van der Waals surface area contributed by atoms with Crippen molar-refractivity contribution < 1.29 is 17.6 Å². The summed E-state index contributed by atoms with van der Waals surface area (Å²) in [6.45, 7) is 0.231. The number of rotatable bonds is 4. The van der Waals surface area contributed by atoms with E-state index < -0.39 is 27.8 Å². The van der Waals surface area contributed by atoms with E-state index in [4.69, 9.17) is 11.6 Å². The number of amides is 1. The molecule has 1 saturated heterocycles. The molecule has 1 fully saturated rings. The molecule has 1 aliphatic heterocycles. The van der Waals surface area contributed by atoms with E-state index >= 15 is 0 Å². The van der Waals surface area contributed by atoms with Gasteiger partial charge in [-0.1, -0.05) is 34.0 Å². The normalized spacial score (nSPS) is 18.3. The van der Waals surface area contributed by atoms with Gasteiger partial charge in [0.25, 0.3) is 0 Å². The molecule has 1 amide bonds. The van der Waals surface area contributed by atoms with Gasteiger partial charge in [-0.05, 0) is 55.3 Å². The quantitative estimate of drug-likeness (QED) is 0.712. The van der Waals surface area contributed by atoms with Crippen molar-refractivity contribution in [3.05, 3.63) is 57.8 Å².